The first-order chi connectivity index (χ1) is 8.97. The molecule has 1 aliphatic rings. The number of nitro groups is 1. The van der Waals surface area contributed by atoms with Crippen molar-refractivity contribution in [2.45, 2.75) is 38.6 Å². The predicted molar refractivity (Wildman–Crippen MR) is 75.7 cm³/mol. The van der Waals surface area contributed by atoms with Crippen LogP contribution in [0.2, 0.25) is 5.15 Å². The van der Waals surface area contributed by atoms with Gasteiger partial charge in [0, 0.05) is 13.1 Å². The molecule has 0 saturated heterocycles. The third-order valence-corrected chi connectivity index (χ3v) is 4.06. The van der Waals surface area contributed by atoms with Crippen LogP contribution in [0.15, 0.2) is 12.1 Å². The number of anilines is 1. The van der Waals surface area contributed by atoms with E-state index in [1.54, 1.807) is 0 Å². The minimum Gasteiger partial charge on any atom is -0.356 e. The molecule has 0 unspecified atom stereocenters. The highest BCUT2D eigenvalue weighted by molar-refractivity contribution is 6.29. The van der Waals surface area contributed by atoms with E-state index in [0.29, 0.717) is 11.9 Å². The van der Waals surface area contributed by atoms with Crippen molar-refractivity contribution < 1.29 is 4.92 Å². The monoisotopic (exact) mass is 283 g/mol. The van der Waals surface area contributed by atoms with Gasteiger partial charge in [0.15, 0.2) is 0 Å². The van der Waals surface area contributed by atoms with Gasteiger partial charge < -0.3 is 4.90 Å². The summed E-state index contributed by atoms with van der Waals surface area (Å²) < 4.78 is 0. The highest BCUT2D eigenvalue weighted by Crippen LogP contribution is 2.30. The van der Waals surface area contributed by atoms with Gasteiger partial charge in [0.1, 0.15) is 11.0 Å². The molecule has 1 aromatic rings. The molecule has 0 bridgehead atoms. The molecular formula is C13H18ClN3O2. The highest BCUT2D eigenvalue weighted by Gasteiger charge is 2.24. The average Bonchev–Trinajstić information content (AvgIpc) is 2.38. The summed E-state index contributed by atoms with van der Waals surface area (Å²) in [7, 11) is 1.93. The van der Waals surface area contributed by atoms with Gasteiger partial charge in [-0.05, 0) is 31.6 Å². The fourth-order valence-corrected chi connectivity index (χ4v) is 2.77. The number of halogens is 1. The molecule has 0 aliphatic heterocycles. The van der Waals surface area contributed by atoms with E-state index < -0.39 is 4.92 Å². The van der Waals surface area contributed by atoms with Gasteiger partial charge in [0.2, 0.25) is 0 Å². The number of hydrogen-bond acceptors (Lipinski definition) is 4. The largest absolute Gasteiger partial charge is 0.356 e. The standard InChI is InChI=1S/C13H18ClN3O2/c1-9-3-5-10(6-4-9)16(2)13-8-11(17(18)19)7-12(14)15-13/h7-10H,3-6H2,1-2H3. The third kappa shape index (κ3) is 3.35. The highest BCUT2D eigenvalue weighted by atomic mass is 35.5. The molecule has 19 heavy (non-hydrogen) atoms. The van der Waals surface area contributed by atoms with Crippen LogP contribution in [0.1, 0.15) is 32.6 Å². The molecule has 104 valence electrons. The van der Waals surface area contributed by atoms with Crippen molar-refractivity contribution in [3.8, 4) is 0 Å². The first kappa shape index (κ1) is 14.1. The van der Waals surface area contributed by atoms with Crippen molar-refractivity contribution >= 4 is 23.1 Å². The Kier molecular flexibility index (Phi) is 4.24. The Morgan fingerprint density at radius 1 is 1.37 bits per heavy atom. The zero-order chi connectivity index (χ0) is 14.0. The van der Waals surface area contributed by atoms with E-state index in [1.165, 1.54) is 25.0 Å². The van der Waals surface area contributed by atoms with Crippen LogP contribution in [0.4, 0.5) is 11.5 Å². The van der Waals surface area contributed by atoms with E-state index in [4.69, 9.17) is 11.6 Å². The van der Waals surface area contributed by atoms with E-state index in [2.05, 4.69) is 11.9 Å². The quantitative estimate of drug-likeness (QED) is 0.482. The number of pyridine rings is 1. The molecular weight excluding hydrogens is 266 g/mol. The Balaban J connectivity index is 2.18. The summed E-state index contributed by atoms with van der Waals surface area (Å²) in [5, 5.41) is 11.0. The number of hydrogen-bond donors (Lipinski definition) is 0. The van der Waals surface area contributed by atoms with Gasteiger partial charge in [-0.15, -0.1) is 0 Å². The van der Waals surface area contributed by atoms with Gasteiger partial charge in [-0.1, -0.05) is 18.5 Å². The van der Waals surface area contributed by atoms with Gasteiger partial charge in [0.25, 0.3) is 5.69 Å². The lowest BCUT2D eigenvalue weighted by molar-refractivity contribution is -0.384. The molecule has 1 aromatic heterocycles. The van der Waals surface area contributed by atoms with Crippen LogP contribution < -0.4 is 4.90 Å². The Morgan fingerprint density at radius 3 is 2.58 bits per heavy atom. The van der Waals surface area contributed by atoms with Crippen molar-refractivity contribution in [1.29, 1.82) is 0 Å². The maximum absolute atomic E-state index is 10.8. The average molecular weight is 284 g/mol. The van der Waals surface area contributed by atoms with Gasteiger partial charge in [-0.2, -0.15) is 0 Å². The van der Waals surface area contributed by atoms with Crippen molar-refractivity contribution in [2.75, 3.05) is 11.9 Å². The minimum absolute atomic E-state index is 0.00831. The lowest BCUT2D eigenvalue weighted by Crippen LogP contribution is -2.35. The van der Waals surface area contributed by atoms with Crippen molar-refractivity contribution in [3.05, 3.63) is 27.4 Å². The van der Waals surface area contributed by atoms with Crippen molar-refractivity contribution in [3.63, 3.8) is 0 Å². The molecule has 0 atom stereocenters. The molecule has 1 fully saturated rings. The fourth-order valence-electron chi connectivity index (χ4n) is 2.57. The van der Waals surface area contributed by atoms with E-state index in [-0.39, 0.29) is 10.8 Å². The molecule has 1 aliphatic carbocycles. The number of rotatable bonds is 3. The molecule has 6 heteroatoms. The molecule has 0 spiro atoms. The van der Waals surface area contributed by atoms with Crippen molar-refractivity contribution in [2.24, 2.45) is 5.92 Å². The zero-order valence-corrected chi connectivity index (χ0v) is 11.9. The molecule has 0 radical (unpaired) electrons. The Bertz CT molecular complexity index is 473. The second-order valence-electron chi connectivity index (χ2n) is 5.29. The summed E-state index contributed by atoms with van der Waals surface area (Å²) in [5.74, 6) is 1.35. The maximum Gasteiger partial charge on any atom is 0.276 e. The van der Waals surface area contributed by atoms with E-state index in [9.17, 15) is 10.1 Å². The Labute approximate surface area is 117 Å². The zero-order valence-electron chi connectivity index (χ0n) is 11.2. The molecule has 0 amide bonds. The lowest BCUT2D eigenvalue weighted by atomic mass is 9.87. The lowest BCUT2D eigenvalue weighted by Gasteiger charge is -2.34. The normalized spacial score (nSPS) is 23.1. The van der Waals surface area contributed by atoms with Crippen LogP contribution in [-0.4, -0.2) is 23.0 Å². The van der Waals surface area contributed by atoms with Crippen LogP contribution in [0, 0.1) is 16.0 Å². The summed E-state index contributed by atoms with van der Waals surface area (Å²) in [6.45, 7) is 2.26. The minimum atomic E-state index is -0.437. The molecule has 1 saturated carbocycles. The summed E-state index contributed by atoms with van der Waals surface area (Å²) >= 11 is 5.86. The van der Waals surface area contributed by atoms with E-state index in [1.807, 2.05) is 11.9 Å². The summed E-state index contributed by atoms with van der Waals surface area (Å²) in [4.78, 5) is 16.6. The van der Waals surface area contributed by atoms with E-state index in [0.717, 1.165) is 18.8 Å². The molecule has 0 N–H and O–H groups in total. The van der Waals surface area contributed by atoms with Crippen LogP contribution in [-0.2, 0) is 0 Å². The van der Waals surface area contributed by atoms with E-state index >= 15 is 0 Å². The second kappa shape index (κ2) is 5.74. The topological polar surface area (TPSA) is 59.3 Å². The molecule has 1 heterocycles. The third-order valence-electron chi connectivity index (χ3n) is 3.87. The van der Waals surface area contributed by atoms with Crippen LogP contribution in [0.3, 0.4) is 0 Å². The smallest absolute Gasteiger partial charge is 0.276 e. The first-order valence-electron chi connectivity index (χ1n) is 6.52. The van der Waals surface area contributed by atoms with Gasteiger partial charge in [-0.25, -0.2) is 4.98 Å². The fraction of sp³-hybridized carbons (Fsp3) is 0.615. The molecule has 2 rings (SSSR count). The first-order valence-corrected chi connectivity index (χ1v) is 6.90. The Hall–Kier alpha value is -1.36. The van der Waals surface area contributed by atoms with Gasteiger partial charge in [-0.3, -0.25) is 10.1 Å². The SMILES string of the molecule is CC1CCC(N(C)c2cc([N+](=O)[O-])cc(Cl)n2)CC1. The Morgan fingerprint density at radius 2 is 2.00 bits per heavy atom. The van der Waals surface area contributed by atoms with Gasteiger partial charge >= 0.3 is 0 Å². The van der Waals surface area contributed by atoms with Crippen LogP contribution in [0.25, 0.3) is 0 Å². The second-order valence-corrected chi connectivity index (χ2v) is 5.68. The molecule has 0 aromatic carbocycles. The number of aromatic nitrogens is 1. The molecule has 5 nitrogen and oxygen atoms in total. The van der Waals surface area contributed by atoms with Crippen molar-refractivity contribution in [1.82, 2.24) is 4.98 Å². The number of nitrogens with zero attached hydrogens (tertiary/aromatic N) is 3. The summed E-state index contributed by atoms with van der Waals surface area (Å²) in [5.41, 5.74) is -0.00831. The predicted octanol–water partition coefficient (Wildman–Crippen LogP) is 3.66. The maximum atomic E-state index is 10.8. The summed E-state index contributed by atoms with van der Waals surface area (Å²) in [6, 6.07) is 3.16. The van der Waals surface area contributed by atoms with Crippen LogP contribution >= 0.6 is 11.6 Å². The van der Waals surface area contributed by atoms with Crippen LogP contribution in [0.5, 0.6) is 0 Å². The summed E-state index contributed by atoms with van der Waals surface area (Å²) in [6.07, 6.45) is 4.58. The van der Waals surface area contributed by atoms with Gasteiger partial charge in [0.05, 0.1) is 17.1 Å².